The van der Waals surface area contributed by atoms with Crippen LogP contribution < -0.4 is 20.1 Å². The van der Waals surface area contributed by atoms with Gasteiger partial charge >= 0.3 is 12.0 Å². The molecule has 1 aromatic carbocycles. The first-order valence-corrected chi connectivity index (χ1v) is 11.2. The van der Waals surface area contributed by atoms with Gasteiger partial charge in [-0.15, -0.1) is 0 Å². The molecule has 2 amide bonds. The first-order valence-electron chi connectivity index (χ1n) is 11.2. The van der Waals surface area contributed by atoms with Gasteiger partial charge in [0.1, 0.15) is 0 Å². The molecule has 2 N–H and O–H groups in total. The minimum absolute atomic E-state index is 0.237. The second-order valence-electron chi connectivity index (χ2n) is 7.84. The van der Waals surface area contributed by atoms with Crippen LogP contribution in [0.5, 0.6) is 11.5 Å². The zero-order chi connectivity index (χ0) is 23.1. The molecule has 2 heterocycles. The number of nitrogens with one attached hydrogen (secondary N) is 2. The topological polar surface area (TPSA) is 92.4 Å². The van der Waals surface area contributed by atoms with Crippen LogP contribution in [0.2, 0.25) is 0 Å². The number of urea groups is 1. The van der Waals surface area contributed by atoms with Gasteiger partial charge in [-0.1, -0.05) is 19.1 Å². The maximum Gasteiger partial charge on any atom is 0.338 e. The summed E-state index contributed by atoms with van der Waals surface area (Å²) in [5.74, 6) is 0.528. The number of rotatable bonds is 9. The molecule has 2 aliphatic rings. The molecule has 0 unspecified atom stereocenters. The zero-order valence-electron chi connectivity index (χ0n) is 19.4. The molecule has 9 heteroatoms. The number of amides is 2. The van der Waals surface area contributed by atoms with Gasteiger partial charge in [-0.2, -0.15) is 0 Å². The fourth-order valence-corrected chi connectivity index (χ4v) is 4.28. The van der Waals surface area contributed by atoms with Gasteiger partial charge in [0.25, 0.3) is 0 Å². The van der Waals surface area contributed by atoms with E-state index in [9.17, 15) is 9.59 Å². The largest absolute Gasteiger partial charge is 0.493 e. The summed E-state index contributed by atoms with van der Waals surface area (Å²) >= 11 is 0. The van der Waals surface area contributed by atoms with E-state index in [-0.39, 0.29) is 12.6 Å². The van der Waals surface area contributed by atoms with Gasteiger partial charge < -0.3 is 29.7 Å². The Morgan fingerprint density at radius 2 is 1.81 bits per heavy atom. The van der Waals surface area contributed by atoms with Crippen LogP contribution in [0.3, 0.4) is 0 Å². The first-order chi connectivity index (χ1) is 15.5. The van der Waals surface area contributed by atoms with E-state index >= 15 is 0 Å². The lowest BCUT2D eigenvalue weighted by Crippen LogP contribution is -2.51. The number of hydrogen-bond donors (Lipinski definition) is 2. The second kappa shape index (κ2) is 11.2. The van der Waals surface area contributed by atoms with E-state index < -0.39 is 12.0 Å². The summed E-state index contributed by atoms with van der Waals surface area (Å²) in [7, 11) is 3.09. The third-order valence-electron chi connectivity index (χ3n) is 5.78. The molecular formula is C23H34N4O5. The molecule has 176 valence electrons. The van der Waals surface area contributed by atoms with Gasteiger partial charge in [0.2, 0.25) is 0 Å². The van der Waals surface area contributed by atoms with Crippen molar-refractivity contribution in [2.75, 3.05) is 60.1 Å². The highest BCUT2D eigenvalue weighted by atomic mass is 16.5. The monoisotopic (exact) mass is 446 g/mol. The number of para-hydroxylation sites is 1. The van der Waals surface area contributed by atoms with Gasteiger partial charge in [0.05, 0.1) is 32.4 Å². The Kier molecular flexibility index (Phi) is 8.35. The van der Waals surface area contributed by atoms with Crippen molar-refractivity contribution in [1.29, 1.82) is 0 Å². The van der Waals surface area contributed by atoms with Crippen LogP contribution in [0, 0.1) is 0 Å². The lowest BCUT2D eigenvalue weighted by molar-refractivity contribution is -0.139. The Morgan fingerprint density at radius 3 is 2.44 bits per heavy atom. The Hall–Kier alpha value is -2.78. The number of carbonyl (C=O) groups is 2. The highest BCUT2D eigenvalue weighted by Gasteiger charge is 2.36. The third-order valence-corrected chi connectivity index (χ3v) is 5.78. The summed E-state index contributed by atoms with van der Waals surface area (Å²) in [5, 5.41) is 5.72. The fraction of sp³-hybridized carbons (Fsp3) is 0.565. The van der Waals surface area contributed by atoms with Crippen LogP contribution in [0.1, 0.15) is 31.9 Å². The van der Waals surface area contributed by atoms with Crippen molar-refractivity contribution >= 4 is 12.0 Å². The summed E-state index contributed by atoms with van der Waals surface area (Å²) in [4.78, 5) is 30.4. The zero-order valence-corrected chi connectivity index (χ0v) is 19.4. The van der Waals surface area contributed by atoms with Gasteiger partial charge in [-0.3, -0.25) is 4.90 Å². The number of benzene rings is 1. The maximum atomic E-state index is 13.1. The van der Waals surface area contributed by atoms with E-state index in [1.165, 1.54) is 7.11 Å². The van der Waals surface area contributed by atoms with E-state index in [1.807, 2.05) is 6.07 Å². The average molecular weight is 447 g/mol. The van der Waals surface area contributed by atoms with Crippen molar-refractivity contribution in [3.05, 3.63) is 35.0 Å². The number of carbonyl (C=O) groups excluding carboxylic acids is 2. The van der Waals surface area contributed by atoms with Crippen molar-refractivity contribution < 1.29 is 23.8 Å². The Labute approximate surface area is 189 Å². The number of esters is 1. The number of hydrogen-bond acceptors (Lipinski definition) is 7. The summed E-state index contributed by atoms with van der Waals surface area (Å²) < 4.78 is 16.4. The lowest BCUT2D eigenvalue weighted by atomic mass is 9.93. The van der Waals surface area contributed by atoms with E-state index in [2.05, 4.69) is 27.4 Å². The van der Waals surface area contributed by atoms with Crippen molar-refractivity contribution in [3.8, 4) is 11.5 Å². The molecular weight excluding hydrogens is 412 g/mol. The molecule has 1 fully saturated rings. The number of piperazine rings is 1. The van der Waals surface area contributed by atoms with Crippen LogP contribution in [-0.2, 0) is 9.53 Å². The molecule has 0 aliphatic carbocycles. The van der Waals surface area contributed by atoms with Gasteiger partial charge in [0, 0.05) is 44.0 Å². The maximum absolute atomic E-state index is 13.1. The van der Waals surface area contributed by atoms with E-state index in [4.69, 9.17) is 14.2 Å². The molecule has 0 radical (unpaired) electrons. The van der Waals surface area contributed by atoms with Gasteiger partial charge in [-0.05, 0) is 26.0 Å². The molecule has 9 nitrogen and oxygen atoms in total. The molecule has 0 bridgehead atoms. The van der Waals surface area contributed by atoms with Crippen molar-refractivity contribution in [2.45, 2.75) is 26.3 Å². The van der Waals surface area contributed by atoms with Gasteiger partial charge in [-0.25, -0.2) is 9.59 Å². The van der Waals surface area contributed by atoms with Crippen molar-refractivity contribution in [3.63, 3.8) is 0 Å². The third kappa shape index (κ3) is 5.34. The van der Waals surface area contributed by atoms with E-state index in [0.717, 1.165) is 39.1 Å². The Morgan fingerprint density at radius 1 is 1.09 bits per heavy atom. The summed E-state index contributed by atoms with van der Waals surface area (Å²) in [6.45, 7) is 9.41. The number of methoxy groups -OCH3 is 2. The van der Waals surface area contributed by atoms with E-state index in [0.29, 0.717) is 34.9 Å². The highest BCUT2D eigenvalue weighted by Crippen LogP contribution is 2.39. The minimum atomic E-state index is -0.718. The standard InChI is InChI=1S/C23H34N4O5/c1-5-10-26-11-13-27(14-12-26)15-17-19(22(28)32-6-2)20(25-23(29)24-17)16-8-7-9-18(30-3)21(16)31-4/h7-9,20H,5-6,10-15H2,1-4H3,(H2,24,25,29)/t20-/m0/s1. The van der Waals surface area contributed by atoms with Crippen LogP contribution in [0.4, 0.5) is 4.79 Å². The van der Waals surface area contributed by atoms with Crippen molar-refractivity contribution in [2.24, 2.45) is 0 Å². The summed E-state index contributed by atoms with van der Waals surface area (Å²) in [6, 6.07) is 4.31. The smallest absolute Gasteiger partial charge is 0.338 e. The predicted molar refractivity (Wildman–Crippen MR) is 121 cm³/mol. The van der Waals surface area contributed by atoms with Crippen LogP contribution in [0.15, 0.2) is 29.5 Å². The number of nitrogens with zero attached hydrogens (tertiary/aromatic N) is 2. The quantitative estimate of drug-likeness (QED) is 0.560. The summed E-state index contributed by atoms with van der Waals surface area (Å²) in [6.07, 6.45) is 1.13. The molecule has 0 aromatic heterocycles. The van der Waals surface area contributed by atoms with Crippen molar-refractivity contribution in [1.82, 2.24) is 20.4 Å². The molecule has 1 saturated heterocycles. The average Bonchev–Trinajstić information content (AvgIpc) is 2.79. The molecule has 1 aromatic rings. The SMILES string of the molecule is CCCN1CCN(CC2=C(C(=O)OCC)[C@H](c3cccc(OC)c3OC)NC(=O)N2)CC1. The van der Waals surface area contributed by atoms with Gasteiger partial charge in [0.15, 0.2) is 11.5 Å². The second-order valence-corrected chi connectivity index (χ2v) is 7.84. The summed E-state index contributed by atoms with van der Waals surface area (Å²) in [5.41, 5.74) is 1.58. The molecule has 3 rings (SSSR count). The first kappa shape index (κ1) is 23.9. The predicted octanol–water partition coefficient (Wildman–Crippen LogP) is 1.90. The van der Waals surface area contributed by atoms with Crippen LogP contribution in [-0.4, -0.2) is 81.9 Å². The molecule has 1 atom stereocenters. The lowest BCUT2D eigenvalue weighted by Gasteiger charge is -2.37. The fourth-order valence-electron chi connectivity index (χ4n) is 4.28. The molecule has 0 saturated carbocycles. The number of ether oxygens (including phenoxy) is 3. The van der Waals surface area contributed by atoms with Crippen LogP contribution >= 0.6 is 0 Å². The Balaban J connectivity index is 1.96. The van der Waals surface area contributed by atoms with Crippen LogP contribution in [0.25, 0.3) is 0 Å². The Bertz CT molecular complexity index is 849. The molecule has 0 spiro atoms. The normalized spacial score (nSPS) is 19.9. The highest BCUT2D eigenvalue weighted by molar-refractivity contribution is 5.95. The molecule has 2 aliphatic heterocycles. The van der Waals surface area contributed by atoms with E-state index in [1.54, 1.807) is 26.2 Å². The molecule has 32 heavy (non-hydrogen) atoms. The minimum Gasteiger partial charge on any atom is -0.493 e.